The second-order valence-corrected chi connectivity index (χ2v) is 5.36. The van der Waals surface area contributed by atoms with Crippen molar-refractivity contribution in [3.63, 3.8) is 0 Å². The molecule has 0 bridgehead atoms. The first-order valence-electron chi connectivity index (χ1n) is 6.72. The third-order valence-electron chi connectivity index (χ3n) is 2.66. The molecule has 0 aliphatic carbocycles. The van der Waals surface area contributed by atoms with E-state index in [0.717, 1.165) is 0 Å². The number of urea groups is 1. The van der Waals surface area contributed by atoms with Crippen LogP contribution in [0.2, 0.25) is 0 Å². The summed E-state index contributed by atoms with van der Waals surface area (Å²) in [6.45, 7) is 3.91. The molecule has 0 saturated carbocycles. The van der Waals surface area contributed by atoms with Crippen LogP contribution >= 0.6 is 11.3 Å². The number of amides is 3. The van der Waals surface area contributed by atoms with E-state index < -0.39 is 6.03 Å². The van der Waals surface area contributed by atoms with E-state index in [0.29, 0.717) is 23.1 Å². The molecule has 1 heterocycles. The van der Waals surface area contributed by atoms with Gasteiger partial charge in [-0.05, 0) is 24.3 Å². The standard InChI is InChI=1S/C15H15FN4O2S/c1-2-7-17-13(21)8-12-9-23-15(19-12)20-14(22)18-11-5-3-10(16)4-6-11/h2-6,9H,1,7-8H2,(H,17,21)(H2,18,19,20,22). The van der Waals surface area contributed by atoms with Gasteiger partial charge in [-0.3, -0.25) is 10.1 Å². The lowest BCUT2D eigenvalue weighted by atomic mass is 10.3. The Labute approximate surface area is 136 Å². The van der Waals surface area contributed by atoms with E-state index in [-0.39, 0.29) is 18.1 Å². The van der Waals surface area contributed by atoms with Gasteiger partial charge in [-0.15, -0.1) is 17.9 Å². The Morgan fingerprint density at radius 3 is 2.70 bits per heavy atom. The molecule has 0 spiro atoms. The van der Waals surface area contributed by atoms with Gasteiger partial charge in [0, 0.05) is 17.6 Å². The number of nitrogens with zero attached hydrogens (tertiary/aromatic N) is 1. The molecule has 2 rings (SSSR count). The lowest BCUT2D eigenvalue weighted by Crippen LogP contribution is -2.25. The summed E-state index contributed by atoms with van der Waals surface area (Å²) < 4.78 is 12.8. The monoisotopic (exact) mass is 334 g/mol. The summed E-state index contributed by atoms with van der Waals surface area (Å²) in [7, 11) is 0. The number of nitrogens with one attached hydrogen (secondary N) is 3. The number of aromatic nitrogens is 1. The molecule has 1 aromatic heterocycles. The first kappa shape index (κ1) is 16.6. The van der Waals surface area contributed by atoms with Gasteiger partial charge in [0.1, 0.15) is 5.82 Å². The second kappa shape index (κ2) is 8.04. The Kier molecular flexibility index (Phi) is 5.81. The van der Waals surface area contributed by atoms with E-state index in [2.05, 4.69) is 27.5 Å². The van der Waals surface area contributed by atoms with E-state index >= 15 is 0 Å². The molecule has 0 fully saturated rings. The van der Waals surface area contributed by atoms with E-state index in [9.17, 15) is 14.0 Å². The van der Waals surface area contributed by atoms with Crippen molar-refractivity contribution < 1.29 is 14.0 Å². The summed E-state index contributed by atoms with van der Waals surface area (Å²) >= 11 is 1.21. The minimum absolute atomic E-state index is 0.131. The highest BCUT2D eigenvalue weighted by molar-refractivity contribution is 7.13. The number of anilines is 2. The third kappa shape index (κ3) is 5.51. The van der Waals surface area contributed by atoms with Crippen molar-refractivity contribution >= 4 is 34.1 Å². The van der Waals surface area contributed by atoms with E-state index in [1.165, 1.54) is 35.6 Å². The number of carbonyl (C=O) groups excluding carboxylic acids is 2. The summed E-state index contributed by atoms with van der Waals surface area (Å²) in [5.74, 6) is -0.548. The highest BCUT2D eigenvalue weighted by Crippen LogP contribution is 2.16. The Morgan fingerprint density at radius 2 is 2.00 bits per heavy atom. The van der Waals surface area contributed by atoms with E-state index in [4.69, 9.17) is 0 Å². The number of thiazole rings is 1. The van der Waals surface area contributed by atoms with E-state index in [1.807, 2.05) is 0 Å². The fraction of sp³-hybridized carbons (Fsp3) is 0.133. The minimum atomic E-state index is -0.492. The fourth-order valence-electron chi connectivity index (χ4n) is 1.65. The number of halogens is 1. The number of benzene rings is 1. The second-order valence-electron chi connectivity index (χ2n) is 4.50. The normalized spacial score (nSPS) is 9.96. The molecule has 0 aliphatic heterocycles. The molecule has 0 unspecified atom stereocenters. The molecule has 3 N–H and O–H groups in total. The largest absolute Gasteiger partial charge is 0.352 e. The van der Waals surface area contributed by atoms with Crippen LogP contribution in [0.1, 0.15) is 5.69 Å². The van der Waals surface area contributed by atoms with Crippen LogP contribution < -0.4 is 16.0 Å². The maximum atomic E-state index is 12.8. The molecule has 23 heavy (non-hydrogen) atoms. The van der Waals surface area contributed by atoms with Crippen molar-refractivity contribution in [3.05, 3.63) is 53.8 Å². The van der Waals surface area contributed by atoms with Gasteiger partial charge in [-0.25, -0.2) is 14.2 Å². The van der Waals surface area contributed by atoms with Gasteiger partial charge >= 0.3 is 6.03 Å². The smallest absolute Gasteiger partial charge is 0.325 e. The lowest BCUT2D eigenvalue weighted by molar-refractivity contribution is -0.120. The summed E-state index contributed by atoms with van der Waals surface area (Å²) in [6.07, 6.45) is 1.72. The Hall–Kier alpha value is -2.74. The summed E-state index contributed by atoms with van der Waals surface area (Å²) in [5.41, 5.74) is 1.03. The Bertz CT molecular complexity index is 700. The highest BCUT2D eigenvalue weighted by Gasteiger charge is 2.09. The van der Waals surface area contributed by atoms with Gasteiger partial charge in [0.15, 0.2) is 5.13 Å². The topological polar surface area (TPSA) is 83.1 Å². The van der Waals surface area contributed by atoms with Crippen LogP contribution in [0.15, 0.2) is 42.3 Å². The van der Waals surface area contributed by atoms with Crippen molar-refractivity contribution in [3.8, 4) is 0 Å². The van der Waals surface area contributed by atoms with Gasteiger partial charge in [0.2, 0.25) is 5.91 Å². The quantitative estimate of drug-likeness (QED) is 0.710. The molecular weight excluding hydrogens is 319 g/mol. The summed E-state index contributed by atoms with van der Waals surface area (Å²) in [6, 6.07) is 4.91. The molecular formula is C15H15FN4O2S. The zero-order valence-electron chi connectivity index (χ0n) is 12.1. The molecule has 0 saturated heterocycles. The first-order chi connectivity index (χ1) is 11.1. The number of carbonyl (C=O) groups is 2. The molecule has 2 aromatic rings. The van der Waals surface area contributed by atoms with Crippen molar-refractivity contribution in [1.82, 2.24) is 10.3 Å². The zero-order chi connectivity index (χ0) is 16.7. The first-order valence-corrected chi connectivity index (χ1v) is 7.60. The molecule has 1 aromatic carbocycles. The number of rotatable bonds is 6. The van der Waals surface area contributed by atoms with Crippen LogP contribution in [-0.2, 0) is 11.2 Å². The molecule has 120 valence electrons. The Balaban J connectivity index is 1.85. The van der Waals surface area contributed by atoms with Crippen molar-refractivity contribution in [2.24, 2.45) is 0 Å². The van der Waals surface area contributed by atoms with Gasteiger partial charge in [-0.2, -0.15) is 0 Å². The zero-order valence-corrected chi connectivity index (χ0v) is 13.0. The van der Waals surface area contributed by atoms with Crippen LogP contribution in [0.5, 0.6) is 0 Å². The van der Waals surface area contributed by atoms with E-state index in [1.54, 1.807) is 11.5 Å². The Morgan fingerprint density at radius 1 is 1.26 bits per heavy atom. The van der Waals surface area contributed by atoms with Crippen molar-refractivity contribution in [2.45, 2.75) is 6.42 Å². The van der Waals surface area contributed by atoms with Crippen LogP contribution in [0.3, 0.4) is 0 Å². The third-order valence-corrected chi connectivity index (χ3v) is 3.47. The number of hydrogen-bond donors (Lipinski definition) is 3. The van der Waals surface area contributed by atoms with Crippen molar-refractivity contribution in [1.29, 1.82) is 0 Å². The van der Waals surface area contributed by atoms with Gasteiger partial charge in [0.05, 0.1) is 12.1 Å². The van der Waals surface area contributed by atoms with Crippen LogP contribution in [0, 0.1) is 5.82 Å². The molecule has 6 nitrogen and oxygen atoms in total. The summed E-state index contributed by atoms with van der Waals surface area (Å²) in [4.78, 5) is 27.5. The lowest BCUT2D eigenvalue weighted by Gasteiger charge is -2.05. The maximum absolute atomic E-state index is 12.8. The molecule has 0 aliphatic rings. The SMILES string of the molecule is C=CCNC(=O)Cc1csc(NC(=O)Nc2ccc(F)cc2)n1. The molecule has 3 amide bonds. The van der Waals surface area contributed by atoms with Gasteiger partial charge in [0.25, 0.3) is 0 Å². The van der Waals surface area contributed by atoms with Crippen LogP contribution in [0.4, 0.5) is 20.0 Å². The average molecular weight is 334 g/mol. The average Bonchev–Trinajstić information content (AvgIpc) is 2.94. The fourth-order valence-corrected chi connectivity index (χ4v) is 2.36. The molecule has 0 atom stereocenters. The van der Waals surface area contributed by atoms with Gasteiger partial charge in [-0.1, -0.05) is 6.08 Å². The number of hydrogen-bond acceptors (Lipinski definition) is 4. The molecule has 0 radical (unpaired) electrons. The highest BCUT2D eigenvalue weighted by atomic mass is 32.1. The summed E-state index contributed by atoms with van der Waals surface area (Å²) in [5, 5.41) is 9.82. The predicted octanol–water partition coefficient (Wildman–Crippen LogP) is 2.77. The predicted molar refractivity (Wildman–Crippen MR) is 88.1 cm³/mol. The van der Waals surface area contributed by atoms with Crippen molar-refractivity contribution in [2.75, 3.05) is 17.2 Å². The van der Waals surface area contributed by atoms with Crippen LogP contribution in [-0.4, -0.2) is 23.5 Å². The minimum Gasteiger partial charge on any atom is -0.352 e. The van der Waals surface area contributed by atoms with Crippen LogP contribution in [0.25, 0.3) is 0 Å². The maximum Gasteiger partial charge on any atom is 0.325 e. The van der Waals surface area contributed by atoms with Gasteiger partial charge < -0.3 is 10.6 Å². The molecule has 8 heteroatoms.